The van der Waals surface area contributed by atoms with Crippen LogP contribution in [0.3, 0.4) is 0 Å². The van der Waals surface area contributed by atoms with E-state index in [2.05, 4.69) is 5.32 Å². The number of carbonyl (C=O) groups excluding carboxylic acids is 1. The molecule has 7 nitrogen and oxygen atoms in total. The van der Waals surface area contributed by atoms with E-state index in [0.717, 1.165) is 41.8 Å². The summed E-state index contributed by atoms with van der Waals surface area (Å²) in [6, 6.07) is 24.1. The number of para-hydroxylation sites is 1. The van der Waals surface area contributed by atoms with E-state index in [0.29, 0.717) is 33.4 Å². The molecule has 208 valence electrons. The number of thiophene rings is 1. The summed E-state index contributed by atoms with van der Waals surface area (Å²) < 4.78 is 12.9. The molecule has 0 radical (unpaired) electrons. The molecule has 5 aromatic rings. The number of nitrogens with one attached hydrogen (secondary N) is 1. The Balaban J connectivity index is 1.27. The van der Waals surface area contributed by atoms with Gasteiger partial charge in [0.05, 0.1) is 23.4 Å². The second-order valence-corrected chi connectivity index (χ2v) is 12.2. The number of nitrogens with zero attached hydrogens (tertiary/aromatic N) is 2. The molecule has 1 amide bonds. The number of methoxy groups -OCH3 is 1. The highest BCUT2D eigenvalue weighted by Gasteiger charge is 2.25. The van der Waals surface area contributed by atoms with Gasteiger partial charge in [0.2, 0.25) is 5.91 Å². The van der Waals surface area contributed by atoms with Gasteiger partial charge >= 0.3 is 0 Å². The first-order valence-electron chi connectivity index (χ1n) is 13.5. The number of benzene rings is 3. The average molecular weight is 584 g/mol. The van der Waals surface area contributed by atoms with E-state index in [1.54, 1.807) is 35.1 Å². The molecule has 9 heteroatoms. The number of aromatic nitrogens is 2. The van der Waals surface area contributed by atoms with E-state index in [1.807, 2.05) is 73.7 Å². The van der Waals surface area contributed by atoms with Crippen molar-refractivity contribution in [3.05, 3.63) is 99.7 Å². The Bertz CT molecular complexity index is 1760. The lowest BCUT2D eigenvalue weighted by molar-refractivity contribution is -0.115. The minimum Gasteiger partial charge on any atom is -0.497 e. The second kappa shape index (κ2) is 11.8. The zero-order valence-corrected chi connectivity index (χ0v) is 24.4. The number of hydrogen-bond acceptors (Lipinski definition) is 7. The van der Waals surface area contributed by atoms with Crippen molar-refractivity contribution in [1.29, 1.82) is 0 Å². The number of fused-ring (bicyclic) bond motifs is 3. The number of anilines is 1. The van der Waals surface area contributed by atoms with Crippen molar-refractivity contribution in [3.63, 3.8) is 0 Å². The van der Waals surface area contributed by atoms with Crippen LogP contribution in [0.15, 0.2) is 88.8 Å². The van der Waals surface area contributed by atoms with E-state index in [1.165, 1.54) is 16.6 Å². The van der Waals surface area contributed by atoms with E-state index >= 15 is 0 Å². The maximum atomic E-state index is 14.1. The third-order valence-corrected chi connectivity index (χ3v) is 9.26. The van der Waals surface area contributed by atoms with E-state index in [-0.39, 0.29) is 11.5 Å². The molecular formula is C32H29N3O4S2. The van der Waals surface area contributed by atoms with Gasteiger partial charge < -0.3 is 14.8 Å². The van der Waals surface area contributed by atoms with Gasteiger partial charge in [0, 0.05) is 16.6 Å². The van der Waals surface area contributed by atoms with Crippen LogP contribution in [-0.4, -0.2) is 27.8 Å². The van der Waals surface area contributed by atoms with Crippen LogP contribution in [0.2, 0.25) is 0 Å². The maximum absolute atomic E-state index is 14.1. The second-order valence-electron chi connectivity index (χ2n) is 9.82. The monoisotopic (exact) mass is 583 g/mol. The fraction of sp³-hybridized carbons (Fsp3) is 0.219. The first kappa shape index (κ1) is 27.1. The number of thioether (sulfide) groups is 1. The minimum absolute atomic E-state index is 0.105. The largest absolute Gasteiger partial charge is 0.497 e. The Morgan fingerprint density at radius 3 is 2.49 bits per heavy atom. The molecule has 1 unspecified atom stereocenters. The lowest BCUT2D eigenvalue weighted by Crippen LogP contribution is -2.26. The molecule has 3 aromatic carbocycles. The standard InChI is InChI=1S/C32H29N3O4S2/c1-20(29(36)33-21-15-17-24(18-16-21)39-23-10-4-3-5-11-23)40-32-34-30-28(26-13-6-7-14-27(26)41-30)31(37)35(32)22-9-8-12-25(19-22)38-2/h3-5,8-12,15-20H,6-7,13-14H2,1-2H3,(H,33,36). The summed E-state index contributed by atoms with van der Waals surface area (Å²) in [5.41, 5.74) is 2.34. The first-order chi connectivity index (χ1) is 20.0. The summed E-state index contributed by atoms with van der Waals surface area (Å²) in [4.78, 5) is 34.3. The third kappa shape index (κ3) is 5.73. The zero-order valence-electron chi connectivity index (χ0n) is 22.8. The van der Waals surface area contributed by atoms with Gasteiger partial charge in [0.15, 0.2) is 5.16 Å². The van der Waals surface area contributed by atoms with Crippen LogP contribution in [0.4, 0.5) is 5.69 Å². The molecule has 1 atom stereocenters. The lowest BCUT2D eigenvalue weighted by Gasteiger charge is -2.17. The molecule has 0 aliphatic heterocycles. The predicted molar refractivity (Wildman–Crippen MR) is 165 cm³/mol. The Labute approximate surface area is 246 Å². The number of carbonyl (C=O) groups is 1. The van der Waals surface area contributed by atoms with Gasteiger partial charge in [-0.15, -0.1) is 11.3 Å². The van der Waals surface area contributed by atoms with Crippen LogP contribution < -0.4 is 20.3 Å². The van der Waals surface area contributed by atoms with Crippen molar-refractivity contribution in [2.45, 2.75) is 43.0 Å². The fourth-order valence-electron chi connectivity index (χ4n) is 4.93. The molecule has 41 heavy (non-hydrogen) atoms. The van der Waals surface area contributed by atoms with Gasteiger partial charge in [0.1, 0.15) is 22.1 Å². The van der Waals surface area contributed by atoms with Crippen LogP contribution in [0.1, 0.15) is 30.2 Å². The van der Waals surface area contributed by atoms with E-state index in [9.17, 15) is 9.59 Å². The highest BCUT2D eigenvalue weighted by atomic mass is 32.2. The molecule has 1 N–H and O–H groups in total. The zero-order chi connectivity index (χ0) is 28.3. The number of rotatable bonds is 8. The Kier molecular flexibility index (Phi) is 7.80. The van der Waals surface area contributed by atoms with Crippen LogP contribution in [0.5, 0.6) is 17.2 Å². The predicted octanol–water partition coefficient (Wildman–Crippen LogP) is 7.25. The maximum Gasteiger partial charge on any atom is 0.267 e. The summed E-state index contributed by atoms with van der Waals surface area (Å²) in [5.74, 6) is 1.87. The Morgan fingerprint density at radius 2 is 1.71 bits per heavy atom. The lowest BCUT2D eigenvalue weighted by atomic mass is 9.97. The normalized spacial score (nSPS) is 13.4. The number of ether oxygens (including phenoxy) is 2. The first-order valence-corrected chi connectivity index (χ1v) is 15.2. The Morgan fingerprint density at radius 1 is 0.976 bits per heavy atom. The number of amides is 1. The molecule has 0 fully saturated rings. The molecule has 0 spiro atoms. The highest BCUT2D eigenvalue weighted by Crippen LogP contribution is 2.36. The van der Waals surface area contributed by atoms with Crippen molar-refractivity contribution in [3.8, 4) is 22.9 Å². The fourth-order valence-corrected chi connectivity index (χ4v) is 7.16. The highest BCUT2D eigenvalue weighted by molar-refractivity contribution is 8.00. The van der Waals surface area contributed by atoms with Crippen molar-refractivity contribution in [1.82, 2.24) is 9.55 Å². The molecule has 6 rings (SSSR count). The number of hydrogen-bond donors (Lipinski definition) is 1. The van der Waals surface area contributed by atoms with Gasteiger partial charge in [-0.3, -0.25) is 14.2 Å². The Hall–Kier alpha value is -4.08. The van der Waals surface area contributed by atoms with Gasteiger partial charge in [-0.1, -0.05) is 36.0 Å². The van der Waals surface area contributed by atoms with Crippen LogP contribution in [0, 0.1) is 0 Å². The quantitative estimate of drug-likeness (QED) is 0.153. The molecule has 1 aliphatic carbocycles. The summed E-state index contributed by atoms with van der Waals surface area (Å²) in [6.07, 6.45) is 4.07. The smallest absolute Gasteiger partial charge is 0.267 e. The minimum atomic E-state index is -0.522. The molecule has 0 saturated heterocycles. The van der Waals surface area contributed by atoms with Crippen LogP contribution in [0.25, 0.3) is 15.9 Å². The topological polar surface area (TPSA) is 82.4 Å². The van der Waals surface area contributed by atoms with Gasteiger partial charge in [-0.05, 0) is 86.7 Å². The average Bonchev–Trinajstić information content (AvgIpc) is 3.37. The third-order valence-electron chi connectivity index (χ3n) is 7.02. The van der Waals surface area contributed by atoms with Gasteiger partial charge in [-0.2, -0.15) is 0 Å². The van der Waals surface area contributed by atoms with Crippen molar-refractivity contribution in [2.24, 2.45) is 0 Å². The van der Waals surface area contributed by atoms with E-state index < -0.39 is 5.25 Å². The van der Waals surface area contributed by atoms with Gasteiger partial charge in [0.25, 0.3) is 5.56 Å². The van der Waals surface area contributed by atoms with Crippen molar-refractivity contribution < 1.29 is 14.3 Å². The van der Waals surface area contributed by atoms with E-state index in [4.69, 9.17) is 14.5 Å². The van der Waals surface area contributed by atoms with Crippen LogP contribution in [-0.2, 0) is 17.6 Å². The number of aryl methyl sites for hydroxylation is 2. The summed E-state index contributed by atoms with van der Waals surface area (Å²) >= 11 is 2.87. The van der Waals surface area contributed by atoms with Crippen molar-refractivity contribution >= 4 is 44.9 Å². The summed E-state index contributed by atoms with van der Waals surface area (Å²) in [7, 11) is 1.60. The SMILES string of the molecule is COc1cccc(-n2c(SC(C)C(=O)Nc3ccc(Oc4ccccc4)cc3)nc3sc4c(c3c2=O)CCCC4)c1. The molecule has 2 aromatic heterocycles. The summed E-state index contributed by atoms with van der Waals surface area (Å²) in [6.45, 7) is 1.82. The molecule has 1 aliphatic rings. The van der Waals surface area contributed by atoms with Gasteiger partial charge in [-0.25, -0.2) is 4.98 Å². The molecule has 0 saturated carbocycles. The van der Waals surface area contributed by atoms with Crippen molar-refractivity contribution in [2.75, 3.05) is 12.4 Å². The van der Waals surface area contributed by atoms with Crippen LogP contribution >= 0.6 is 23.1 Å². The molecule has 0 bridgehead atoms. The molecule has 2 heterocycles. The molecular weight excluding hydrogens is 555 g/mol. The summed E-state index contributed by atoms with van der Waals surface area (Å²) in [5, 5.41) is 3.63.